The van der Waals surface area contributed by atoms with E-state index in [0.717, 1.165) is 4.90 Å². The first-order valence-corrected chi connectivity index (χ1v) is 9.21. The summed E-state index contributed by atoms with van der Waals surface area (Å²) >= 11 is 0. The average molecular weight is 365 g/mol. The number of carbonyl (C=O) groups is 2. The fourth-order valence-corrected chi connectivity index (χ4v) is 4.26. The Bertz CT molecular complexity index is 824. The van der Waals surface area contributed by atoms with Gasteiger partial charge in [-0.25, -0.2) is 8.42 Å². The zero-order chi connectivity index (χ0) is 18.2. The molecule has 0 N–H and O–H groups in total. The number of hydrogen-bond donors (Lipinski definition) is 0. The number of rotatable bonds is 4. The van der Waals surface area contributed by atoms with Crippen LogP contribution in [0.2, 0.25) is 0 Å². The van der Waals surface area contributed by atoms with Crippen molar-refractivity contribution in [3.63, 3.8) is 0 Å². The lowest BCUT2D eigenvalue weighted by atomic mass is 10.3. The van der Waals surface area contributed by atoms with Gasteiger partial charge in [0.05, 0.1) is 12.0 Å². The van der Waals surface area contributed by atoms with Crippen molar-refractivity contribution in [2.45, 2.75) is 4.90 Å². The molecule has 1 saturated heterocycles. The van der Waals surface area contributed by atoms with E-state index in [2.05, 4.69) is 0 Å². The molecule has 1 fully saturated rings. The number of likely N-dealkylation sites (N-methyl/N-ethyl adjacent to an activating group) is 1. The highest BCUT2D eigenvalue weighted by Crippen LogP contribution is 2.23. The molecule has 0 spiro atoms. The summed E-state index contributed by atoms with van der Waals surface area (Å²) in [4.78, 5) is 26.6. The number of nitrogens with zero attached hydrogens (tertiary/aromatic N) is 3. The lowest BCUT2D eigenvalue weighted by Gasteiger charge is -2.35. The molecule has 1 aromatic carbocycles. The van der Waals surface area contributed by atoms with Crippen molar-refractivity contribution in [1.82, 2.24) is 14.1 Å². The van der Waals surface area contributed by atoms with Crippen LogP contribution in [-0.4, -0.2) is 74.7 Å². The Morgan fingerprint density at radius 3 is 2.08 bits per heavy atom. The third-order valence-corrected chi connectivity index (χ3v) is 6.30. The largest absolute Gasteiger partial charge is 0.497 e. The second kappa shape index (κ2) is 6.49. The van der Waals surface area contributed by atoms with Crippen LogP contribution in [-0.2, 0) is 19.6 Å². The summed E-state index contributed by atoms with van der Waals surface area (Å²) in [5.41, 5.74) is 0.328. The van der Waals surface area contributed by atoms with E-state index >= 15 is 0 Å². The van der Waals surface area contributed by atoms with Crippen molar-refractivity contribution in [3.05, 3.63) is 36.0 Å². The maximum atomic E-state index is 12.7. The molecule has 3 rings (SSSR count). The standard InChI is InChI=1S/C16H19N3O5S/c1-17-15(20)11-14(16(17)21)18-7-9-19(10-8-18)25(22,23)13-5-3-12(24-2)4-6-13/h3-6,11H,7-10H2,1-2H3. The Balaban J connectivity index is 1.70. The van der Waals surface area contributed by atoms with Crippen LogP contribution in [0.3, 0.4) is 0 Å². The second-order valence-corrected chi connectivity index (χ2v) is 7.74. The number of hydrogen-bond acceptors (Lipinski definition) is 6. The van der Waals surface area contributed by atoms with Gasteiger partial charge in [0.15, 0.2) is 0 Å². The number of methoxy groups -OCH3 is 1. The van der Waals surface area contributed by atoms with Gasteiger partial charge in [0.2, 0.25) is 10.0 Å². The number of ether oxygens (including phenoxy) is 1. The topological polar surface area (TPSA) is 87.2 Å². The smallest absolute Gasteiger partial charge is 0.276 e. The molecule has 8 nitrogen and oxygen atoms in total. The van der Waals surface area contributed by atoms with Crippen LogP contribution in [0.15, 0.2) is 40.9 Å². The van der Waals surface area contributed by atoms with E-state index < -0.39 is 10.0 Å². The molecule has 0 atom stereocenters. The van der Waals surface area contributed by atoms with Crippen LogP contribution in [0.1, 0.15) is 0 Å². The predicted octanol–water partition coefficient (Wildman–Crippen LogP) is -0.116. The molecule has 2 aliphatic heterocycles. The lowest BCUT2D eigenvalue weighted by molar-refractivity contribution is -0.136. The number of sulfonamides is 1. The van der Waals surface area contributed by atoms with Gasteiger partial charge in [0.25, 0.3) is 11.8 Å². The maximum absolute atomic E-state index is 12.7. The first-order chi connectivity index (χ1) is 11.8. The van der Waals surface area contributed by atoms with Gasteiger partial charge in [0.1, 0.15) is 11.4 Å². The van der Waals surface area contributed by atoms with Crippen LogP contribution in [0.5, 0.6) is 5.75 Å². The fraction of sp³-hybridized carbons (Fsp3) is 0.375. The molecule has 2 heterocycles. The van der Waals surface area contributed by atoms with Crippen LogP contribution in [0, 0.1) is 0 Å². The number of piperazine rings is 1. The minimum Gasteiger partial charge on any atom is -0.497 e. The van der Waals surface area contributed by atoms with E-state index in [1.54, 1.807) is 17.0 Å². The Kier molecular flexibility index (Phi) is 4.53. The molecule has 25 heavy (non-hydrogen) atoms. The van der Waals surface area contributed by atoms with Gasteiger partial charge in [0, 0.05) is 39.3 Å². The van der Waals surface area contributed by atoms with Gasteiger partial charge >= 0.3 is 0 Å². The molecular formula is C16H19N3O5S. The summed E-state index contributed by atoms with van der Waals surface area (Å²) in [5, 5.41) is 0. The number of imide groups is 1. The quantitative estimate of drug-likeness (QED) is 0.692. The second-order valence-electron chi connectivity index (χ2n) is 5.80. The summed E-state index contributed by atoms with van der Waals surface area (Å²) in [6.07, 6.45) is 1.30. The number of amides is 2. The maximum Gasteiger partial charge on any atom is 0.276 e. The van der Waals surface area contributed by atoms with Crippen LogP contribution in [0.25, 0.3) is 0 Å². The summed E-state index contributed by atoms with van der Waals surface area (Å²) < 4.78 is 31.8. The van der Waals surface area contributed by atoms with E-state index in [1.807, 2.05) is 0 Å². The molecule has 1 aromatic rings. The van der Waals surface area contributed by atoms with Crippen LogP contribution < -0.4 is 4.74 Å². The Morgan fingerprint density at radius 2 is 1.60 bits per heavy atom. The monoisotopic (exact) mass is 365 g/mol. The van der Waals surface area contributed by atoms with Crippen LogP contribution >= 0.6 is 0 Å². The Labute approximate surface area is 146 Å². The molecule has 0 aliphatic carbocycles. The Hall–Kier alpha value is -2.39. The molecule has 134 valence electrons. The van der Waals surface area contributed by atoms with E-state index in [9.17, 15) is 18.0 Å². The van der Waals surface area contributed by atoms with Crippen molar-refractivity contribution >= 4 is 21.8 Å². The van der Waals surface area contributed by atoms with Crippen LogP contribution in [0.4, 0.5) is 0 Å². The summed E-state index contributed by atoms with van der Waals surface area (Å²) in [7, 11) is -0.653. The number of carbonyl (C=O) groups excluding carboxylic acids is 2. The fourth-order valence-electron chi connectivity index (χ4n) is 2.84. The lowest BCUT2D eigenvalue weighted by Crippen LogP contribution is -2.49. The minimum atomic E-state index is -3.60. The minimum absolute atomic E-state index is 0.202. The molecule has 2 amide bonds. The average Bonchev–Trinajstić information content (AvgIpc) is 2.89. The zero-order valence-corrected chi connectivity index (χ0v) is 14.8. The molecule has 9 heteroatoms. The van der Waals surface area contributed by atoms with E-state index in [0.29, 0.717) is 24.5 Å². The first kappa shape index (κ1) is 17.4. The molecule has 0 saturated carbocycles. The molecule has 2 aliphatic rings. The van der Waals surface area contributed by atoms with Crippen molar-refractivity contribution in [3.8, 4) is 5.75 Å². The third kappa shape index (κ3) is 3.12. The molecule has 0 bridgehead atoms. The number of benzene rings is 1. The highest BCUT2D eigenvalue weighted by atomic mass is 32.2. The summed E-state index contributed by atoms with van der Waals surface area (Å²) in [6.45, 7) is 1.20. The van der Waals surface area contributed by atoms with E-state index in [-0.39, 0.29) is 29.8 Å². The molecule has 0 aromatic heterocycles. The molecule has 0 radical (unpaired) electrons. The summed E-state index contributed by atoms with van der Waals surface area (Å²) in [5.74, 6) is -0.117. The highest BCUT2D eigenvalue weighted by Gasteiger charge is 2.35. The third-order valence-electron chi connectivity index (χ3n) is 4.39. The van der Waals surface area contributed by atoms with Crippen molar-refractivity contribution in [1.29, 1.82) is 0 Å². The zero-order valence-electron chi connectivity index (χ0n) is 14.0. The first-order valence-electron chi connectivity index (χ1n) is 7.77. The van der Waals surface area contributed by atoms with Gasteiger partial charge in [-0.3, -0.25) is 14.5 Å². The van der Waals surface area contributed by atoms with Gasteiger partial charge in [-0.2, -0.15) is 4.31 Å². The van der Waals surface area contributed by atoms with Gasteiger partial charge < -0.3 is 9.64 Å². The Morgan fingerprint density at radius 1 is 1.00 bits per heavy atom. The van der Waals surface area contributed by atoms with Crippen molar-refractivity contribution < 1.29 is 22.7 Å². The SMILES string of the molecule is COc1ccc(S(=O)(=O)N2CCN(C3=CC(=O)N(C)C3=O)CC2)cc1. The summed E-state index contributed by atoms with van der Waals surface area (Å²) in [6, 6.07) is 6.23. The van der Waals surface area contributed by atoms with Gasteiger partial charge in [-0.15, -0.1) is 0 Å². The van der Waals surface area contributed by atoms with Gasteiger partial charge in [-0.1, -0.05) is 0 Å². The highest BCUT2D eigenvalue weighted by molar-refractivity contribution is 7.89. The molecule has 0 unspecified atom stereocenters. The van der Waals surface area contributed by atoms with Gasteiger partial charge in [-0.05, 0) is 24.3 Å². The predicted molar refractivity (Wildman–Crippen MR) is 89.2 cm³/mol. The van der Waals surface area contributed by atoms with Crippen molar-refractivity contribution in [2.24, 2.45) is 0 Å². The van der Waals surface area contributed by atoms with E-state index in [1.165, 1.54) is 36.7 Å². The molecular weight excluding hydrogens is 346 g/mol. The normalized spacial score (nSPS) is 19.4. The van der Waals surface area contributed by atoms with Crippen molar-refractivity contribution in [2.75, 3.05) is 40.3 Å². The van der Waals surface area contributed by atoms with E-state index in [4.69, 9.17) is 4.74 Å².